The average molecular weight is 383 g/mol. The van der Waals surface area contributed by atoms with Gasteiger partial charge in [-0.25, -0.2) is 4.79 Å². The van der Waals surface area contributed by atoms with Gasteiger partial charge < -0.3 is 5.32 Å². The SMILES string of the molecule is O=C(N[C@@]1(C(F)(F)F)NC(=O)N(Cc2ccccc2)C1=O)C1CCCCC1. The first kappa shape index (κ1) is 19.2. The van der Waals surface area contributed by atoms with Crippen LogP contribution >= 0.6 is 0 Å². The van der Waals surface area contributed by atoms with Crippen LogP contribution < -0.4 is 10.6 Å². The summed E-state index contributed by atoms with van der Waals surface area (Å²) in [6, 6.07) is 7.00. The molecule has 0 bridgehead atoms. The molecule has 1 saturated heterocycles. The van der Waals surface area contributed by atoms with Crippen LogP contribution in [0.3, 0.4) is 0 Å². The zero-order valence-electron chi connectivity index (χ0n) is 14.5. The summed E-state index contributed by atoms with van der Waals surface area (Å²) < 4.78 is 41.4. The maximum Gasteiger partial charge on any atom is 0.440 e. The van der Waals surface area contributed by atoms with E-state index in [1.807, 2.05) is 5.32 Å². The Morgan fingerprint density at radius 3 is 2.37 bits per heavy atom. The van der Waals surface area contributed by atoms with Crippen LogP contribution in [-0.2, 0) is 16.1 Å². The second kappa shape index (κ2) is 7.21. The quantitative estimate of drug-likeness (QED) is 0.785. The van der Waals surface area contributed by atoms with Gasteiger partial charge in [0.05, 0.1) is 6.54 Å². The number of urea groups is 1. The Kier molecular flexibility index (Phi) is 5.12. The number of carbonyl (C=O) groups excluding carboxylic acids is 3. The summed E-state index contributed by atoms with van der Waals surface area (Å²) in [5.74, 6) is -2.97. The highest BCUT2D eigenvalue weighted by Gasteiger charge is 2.68. The lowest BCUT2D eigenvalue weighted by Crippen LogP contribution is -2.70. The van der Waals surface area contributed by atoms with E-state index in [-0.39, 0.29) is 6.54 Å². The zero-order valence-corrected chi connectivity index (χ0v) is 14.5. The number of halogens is 3. The molecule has 1 saturated carbocycles. The van der Waals surface area contributed by atoms with Crippen molar-refractivity contribution in [3.05, 3.63) is 35.9 Å². The molecule has 1 aromatic carbocycles. The molecule has 9 heteroatoms. The van der Waals surface area contributed by atoms with Crippen LogP contribution in [0.15, 0.2) is 30.3 Å². The Balaban J connectivity index is 1.84. The number of imide groups is 1. The third kappa shape index (κ3) is 3.63. The van der Waals surface area contributed by atoms with Crippen LogP contribution in [-0.4, -0.2) is 34.6 Å². The number of hydrogen-bond acceptors (Lipinski definition) is 3. The first-order valence-corrected chi connectivity index (χ1v) is 8.81. The topological polar surface area (TPSA) is 78.5 Å². The van der Waals surface area contributed by atoms with Gasteiger partial charge in [-0.05, 0) is 18.4 Å². The summed E-state index contributed by atoms with van der Waals surface area (Å²) in [5.41, 5.74) is -2.93. The highest BCUT2D eigenvalue weighted by Crippen LogP contribution is 2.35. The maximum absolute atomic E-state index is 13.8. The largest absolute Gasteiger partial charge is 0.440 e. The molecule has 1 heterocycles. The number of hydrogen-bond donors (Lipinski definition) is 2. The minimum atomic E-state index is -5.17. The summed E-state index contributed by atoms with van der Waals surface area (Å²) in [5, 5.41) is 3.49. The molecule has 1 aliphatic heterocycles. The van der Waals surface area contributed by atoms with E-state index in [9.17, 15) is 27.6 Å². The van der Waals surface area contributed by atoms with Crippen molar-refractivity contribution < 1.29 is 27.6 Å². The number of amides is 4. The summed E-state index contributed by atoms with van der Waals surface area (Å²) >= 11 is 0. The van der Waals surface area contributed by atoms with Crippen LogP contribution in [0, 0.1) is 5.92 Å². The van der Waals surface area contributed by atoms with Crippen LogP contribution in [0.4, 0.5) is 18.0 Å². The molecule has 2 N–H and O–H groups in total. The first-order valence-electron chi connectivity index (χ1n) is 8.81. The summed E-state index contributed by atoms with van der Waals surface area (Å²) in [4.78, 5) is 37.6. The monoisotopic (exact) mass is 383 g/mol. The van der Waals surface area contributed by atoms with E-state index in [1.165, 1.54) is 0 Å². The Morgan fingerprint density at radius 1 is 1.15 bits per heavy atom. The van der Waals surface area contributed by atoms with Gasteiger partial charge in [0.25, 0.3) is 11.6 Å². The maximum atomic E-state index is 13.8. The number of rotatable bonds is 4. The number of nitrogens with one attached hydrogen (secondary N) is 2. The number of alkyl halides is 3. The van der Waals surface area contributed by atoms with Crippen molar-refractivity contribution in [2.24, 2.45) is 5.92 Å². The van der Waals surface area contributed by atoms with Gasteiger partial charge in [-0.2, -0.15) is 13.2 Å². The fourth-order valence-electron chi connectivity index (χ4n) is 3.48. The van der Waals surface area contributed by atoms with Crippen molar-refractivity contribution in [1.29, 1.82) is 0 Å². The smallest absolute Gasteiger partial charge is 0.318 e. The normalized spacial score (nSPS) is 24.0. The van der Waals surface area contributed by atoms with Gasteiger partial charge in [-0.1, -0.05) is 49.6 Å². The minimum absolute atomic E-state index is 0.317. The molecule has 0 aromatic heterocycles. The molecule has 1 aliphatic carbocycles. The molecular formula is C18H20F3N3O3. The van der Waals surface area contributed by atoms with Crippen molar-refractivity contribution in [3.63, 3.8) is 0 Å². The molecular weight excluding hydrogens is 363 g/mol. The van der Waals surface area contributed by atoms with Crippen LogP contribution in [0.25, 0.3) is 0 Å². The fraction of sp³-hybridized carbons (Fsp3) is 0.500. The van der Waals surface area contributed by atoms with Crippen LogP contribution in [0.1, 0.15) is 37.7 Å². The van der Waals surface area contributed by atoms with Gasteiger partial charge >= 0.3 is 12.2 Å². The standard InChI is InChI=1S/C18H20F3N3O3/c19-18(20,21)17(22-14(25)13-9-5-2-6-10-13)15(26)24(16(27)23-17)11-12-7-3-1-4-8-12/h1,3-4,7-8,13H,2,5-6,9-11H2,(H,22,25)(H,23,27)/t17-/m1/s1. The van der Waals surface area contributed by atoms with E-state index in [0.717, 1.165) is 19.3 Å². The van der Waals surface area contributed by atoms with Gasteiger partial charge in [0, 0.05) is 5.92 Å². The third-order valence-corrected chi connectivity index (χ3v) is 5.00. The Bertz CT molecular complexity index is 732. The molecule has 2 fully saturated rings. The van der Waals surface area contributed by atoms with Crippen LogP contribution in [0.2, 0.25) is 0 Å². The highest BCUT2D eigenvalue weighted by molar-refractivity contribution is 6.09. The number of benzene rings is 1. The van der Waals surface area contributed by atoms with Gasteiger partial charge in [-0.3, -0.25) is 19.8 Å². The van der Waals surface area contributed by atoms with Crippen molar-refractivity contribution in [3.8, 4) is 0 Å². The molecule has 146 valence electrons. The van der Waals surface area contributed by atoms with Crippen molar-refractivity contribution in [2.75, 3.05) is 0 Å². The van der Waals surface area contributed by atoms with E-state index < -0.39 is 35.6 Å². The van der Waals surface area contributed by atoms with Gasteiger partial charge in [0.15, 0.2) is 0 Å². The van der Waals surface area contributed by atoms with E-state index in [0.29, 0.717) is 23.3 Å². The Morgan fingerprint density at radius 2 is 1.78 bits per heavy atom. The average Bonchev–Trinajstić information content (AvgIpc) is 2.88. The predicted octanol–water partition coefficient (Wildman–Crippen LogP) is 2.69. The highest BCUT2D eigenvalue weighted by atomic mass is 19.4. The van der Waals surface area contributed by atoms with Crippen molar-refractivity contribution in [1.82, 2.24) is 15.5 Å². The molecule has 0 unspecified atom stereocenters. The first-order chi connectivity index (χ1) is 12.7. The van der Waals surface area contributed by atoms with Gasteiger partial charge in [-0.15, -0.1) is 0 Å². The fourth-order valence-corrected chi connectivity index (χ4v) is 3.48. The molecule has 6 nitrogen and oxygen atoms in total. The van der Waals surface area contributed by atoms with E-state index in [1.54, 1.807) is 35.6 Å². The Labute approximate surface area is 154 Å². The van der Waals surface area contributed by atoms with Gasteiger partial charge in [0.1, 0.15) is 0 Å². The van der Waals surface area contributed by atoms with E-state index in [4.69, 9.17) is 0 Å². The lowest BCUT2D eigenvalue weighted by molar-refractivity contribution is -0.205. The van der Waals surface area contributed by atoms with Crippen molar-refractivity contribution >= 4 is 17.8 Å². The molecule has 3 rings (SSSR count). The molecule has 27 heavy (non-hydrogen) atoms. The van der Waals surface area contributed by atoms with E-state index >= 15 is 0 Å². The second-order valence-electron chi connectivity index (χ2n) is 6.88. The summed E-state index contributed by atoms with van der Waals surface area (Å²) in [6.45, 7) is -0.317. The molecule has 0 spiro atoms. The van der Waals surface area contributed by atoms with Crippen molar-refractivity contribution in [2.45, 2.75) is 50.5 Å². The lowest BCUT2D eigenvalue weighted by Gasteiger charge is -2.32. The predicted molar refractivity (Wildman–Crippen MR) is 89.0 cm³/mol. The number of carbonyl (C=O) groups is 3. The lowest BCUT2D eigenvalue weighted by atomic mass is 9.88. The third-order valence-electron chi connectivity index (χ3n) is 5.00. The minimum Gasteiger partial charge on any atom is -0.318 e. The van der Waals surface area contributed by atoms with E-state index in [2.05, 4.69) is 0 Å². The van der Waals surface area contributed by atoms with Gasteiger partial charge in [0.2, 0.25) is 5.91 Å². The van der Waals surface area contributed by atoms with Crippen LogP contribution in [0.5, 0.6) is 0 Å². The zero-order chi connectivity index (χ0) is 19.7. The molecule has 4 amide bonds. The molecule has 0 radical (unpaired) electrons. The summed E-state index contributed by atoms with van der Waals surface area (Å²) in [7, 11) is 0. The Hall–Kier alpha value is -2.58. The molecule has 2 aliphatic rings. The number of nitrogens with zero attached hydrogens (tertiary/aromatic N) is 1. The molecule has 1 aromatic rings. The summed E-state index contributed by atoms with van der Waals surface area (Å²) in [6.07, 6.45) is -1.81. The molecule has 1 atom stereocenters. The second-order valence-corrected chi connectivity index (χ2v) is 6.88.